The number of rotatable bonds is 4. The van der Waals surface area contributed by atoms with Crippen LogP contribution in [-0.4, -0.2) is 20.3 Å². The molecule has 1 aromatic carbocycles. The molecule has 0 saturated carbocycles. The first-order chi connectivity index (χ1) is 8.31. The number of halogens is 2. The van der Waals surface area contributed by atoms with Crippen molar-refractivity contribution < 1.29 is 13.5 Å². The van der Waals surface area contributed by atoms with Gasteiger partial charge in [-0.1, -0.05) is 26.8 Å². The van der Waals surface area contributed by atoms with E-state index in [-0.39, 0.29) is 17.6 Å². The van der Waals surface area contributed by atoms with E-state index < -0.39 is 11.6 Å². The molecule has 1 rings (SSSR count). The Labute approximate surface area is 107 Å². The Hall–Kier alpha value is -1.00. The number of nitrogens with one attached hydrogen (secondary N) is 1. The van der Waals surface area contributed by atoms with Crippen LogP contribution in [0.1, 0.15) is 32.4 Å². The molecule has 1 N–H and O–H groups in total. The number of benzene rings is 1. The molecule has 0 heterocycles. The number of hydrogen-bond donors (Lipinski definition) is 1. The number of methoxy groups -OCH3 is 1. The van der Waals surface area contributed by atoms with E-state index in [4.69, 9.17) is 4.74 Å². The van der Waals surface area contributed by atoms with Crippen molar-refractivity contribution in [3.05, 3.63) is 35.4 Å². The van der Waals surface area contributed by atoms with E-state index in [1.807, 2.05) is 20.8 Å². The zero-order chi connectivity index (χ0) is 13.9. The van der Waals surface area contributed by atoms with Gasteiger partial charge in [-0.2, -0.15) is 0 Å². The fraction of sp³-hybridized carbons (Fsp3) is 0.571. The average Bonchev–Trinajstić information content (AvgIpc) is 2.28. The first kappa shape index (κ1) is 15.1. The van der Waals surface area contributed by atoms with Gasteiger partial charge in [0.2, 0.25) is 0 Å². The van der Waals surface area contributed by atoms with E-state index in [9.17, 15) is 8.78 Å². The minimum Gasteiger partial charge on any atom is -0.379 e. The van der Waals surface area contributed by atoms with Gasteiger partial charge >= 0.3 is 0 Å². The smallest absolute Gasteiger partial charge is 0.159 e. The van der Waals surface area contributed by atoms with Gasteiger partial charge in [0.25, 0.3) is 0 Å². The van der Waals surface area contributed by atoms with Crippen molar-refractivity contribution >= 4 is 0 Å². The zero-order valence-electron chi connectivity index (χ0n) is 11.6. The Morgan fingerprint density at radius 2 is 1.78 bits per heavy atom. The Bertz CT molecular complexity index is 401. The van der Waals surface area contributed by atoms with Gasteiger partial charge < -0.3 is 10.1 Å². The zero-order valence-corrected chi connectivity index (χ0v) is 11.6. The molecule has 0 aliphatic carbocycles. The second kappa shape index (κ2) is 5.76. The summed E-state index contributed by atoms with van der Waals surface area (Å²) in [7, 11) is 3.41. The van der Waals surface area contributed by atoms with E-state index in [1.165, 1.54) is 6.07 Å². The maximum absolute atomic E-state index is 13.3. The first-order valence-corrected chi connectivity index (χ1v) is 5.96. The van der Waals surface area contributed by atoms with E-state index in [0.717, 1.165) is 6.07 Å². The summed E-state index contributed by atoms with van der Waals surface area (Å²) in [5.74, 6) is -1.67. The van der Waals surface area contributed by atoms with Crippen molar-refractivity contribution in [3.8, 4) is 0 Å². The minimum absolute atomic E-state index is 0.118. The minimum atomic E-state index is -0.837. The summed E-state index contributed by atoms with van der Waals surface area (Å²) in [4.78, 5) is 0. The van der Waals surface area contributed by atoms with Crippen molar-refractivity contribution in [2.75, 3.05) is 14.2 Å². The molecule has 0 aliphatic heterocycles. The molecule has 0 saturated heterocycles. The Balaban J connectivity index is 3.12. The Kier molecular flexibility index (Phi) is 4.82. The molecule has 0 spiro atoms. The number of likely N-dealkylation sites (N-methyl/N-ethyl adjacent to an activating group) is 1. The fourth-order valence-corrected chi connectivity index (χ4v) is 2.19. The van der Waals surface area contributed by atoms with Crippen LogP contribution in [0.25, 0.3) is 0 Å². The molecule has 18 heavy (non-hydrogen) atoms. The molecule has 4 heteroatoms. The lowest BCUT2D eigenvalue weighted by Crippen LogP contribution is -2.40. The van der Waals surface area contributed by atoms with Gasteiger partial charge in [0.05, 0.1) is 12.1 Å². The molecule has 0 bridgehead atoms. The summed E-state index contributed by atoms with van der Waals surface area (Å²) in [6.45, 7) is 6.14. The Morgan fingerprint density at radius 3 is 2.17 bits per heavy atom. The molecule has 2 atom stereocenters. The molecule has 2 unspecified atom stereocenters. The average molecular weight is 257 g/mol. The van der Waals surface area contributed by atoms with Crippen molar-refractivity contribution in [3.63, 3.8) is 0 Å². The summed E-state index contributed by atoms with van der Waals surface area (Å²) in [5.41, 5.74) is 0.561. The van der Waals surface area contributed by atoms with Crippen molar-refractivity contribution in [1.29, 1.82) is 0 Å². The van der Waals surface area contributed by atoms with Crippen LogP contribution in [0.3, 0.4) is 0 Å². The highest BCUT2D eigenvalue weighted by atomic mass is 19.2. The summed E-state index contributed by atoms with van der Waals surface area (Å²) in [6, 6.07) is 3.75. The van der Waals surface area contributed by atoms with E-state index in [0.29, 0.717) is 5.56 Å². The fourth-order valence-electron chi connectivity index (χ4n) is 2.19. The molecule has 2 nitrogen and oxygen atoms in total. The summed E-state index contributed by atoms with van der Waals surface area (Å²) in [6.07, 6.45) is -0.146. The summed E-state index contributed by atoms with van der Waals surface area (Å²) >= 11 is 0. The summed E-state index contributed by atoms with van der Waals surface area (Å²) < 4.78 is 31.8. The molecule has 0 aliphatic rings. The highest BCUT2D eigenvalue weighted by molar-refractivity contribution is 5.23. The number of ether oxygens (including phenoxy) is 1. The molecule has 0 radical (unpaired) electrons. The Morgan fingerprint density at radius 1 is 1.17 bits per heavy atom. The van der Waals surface area contributed by atoms with Crippen LogP contribution in [0.15, 0.2) is 18.2 Å². The molecule has 0 fully saturated rings. The lowest BCUT2D eigenvalue weighted by molar-refractivity contribution is -0.0102. The highest BCUT2D eigenvalue weighted by Crippen LogP contribution is 2.32. The topological polar surface area (TPSA) is 21.3 Å². The first-order valence-electron chi connectivity index (χ1n) is 5.96. The number of hydrogen-bond acceptors (Lipinski definition) is 2. The van der Waals surface area contributed by atoms with Gasteiger partial charge in [-0.3, -0.25) is 0 Å². The van der Waals surface area contributed by atoms with Gasteiger partial charge in [0.15, 0.2) is 11.6 Å². The quantitative estimate of drug-likeness (QED) is 0.893. The van der Waals surface area contributed by atoms with Crippen LogP contribution < -0.4 is 5.32 Å². The summed E-state index contributed by atoms with van der Waals surface area (Å²) in [5, 5.41) is 3.11. The SMILES string of the molecule is CNC(c1ccc(F)c(F)c1)C(OC)C(C)(C)C. The maximum atomic E-state index is 13.3. The molecule has 0 amide bonds. The lowest BCUT2D eigenvalue weighted by atomic mass is 9.82. The third-order valence-corrected chi connectivity index (χ3v) is 3.02. The largest absolute Gasteiger partial charge is 0.379 e. The molecule has 102 valence electrons. The van der Waals surface area contributed by atoms with Gasteiger partial charge in [0.1, 0.15) is 0 Å². The third-order valence-electron chi connectivity index (χ3n) is 3.02. The monoisotopic (exact) mass is 257 g/mol. The predicted molar refractivity (Wildman–Crippen MR) is 68.4 cm³/mol. The lowest BCUT2D eigenvalue weighted by Gasteiger charge is -2.36. The van der Waals surface area contributed by atoms with Crippen LogP contribution in [0, 0.1) is 17.0 Å². The third kappa shape index (κ3) is 3.27. The molecular formula is C14H21F2NO. The van der Waals surface area contributed by atoms with Crippen molar-refractivity contribution in [2.45, 2.75) is 32.9 Å². The molecular weight excluding hydrogens is 236 g/mol. The van der Waals surface area contributed by atoms with E-state index in [2.05, 4.69) is 5.32 Å². The van der Waals surface area contributed by atoms with E-state index >= 15 is 0 Å². The van der Waals surface area contributed by atoms with Crippen LogP contribution in [0.2, 0.25) is 0 Å². The van der Waals surface area contributed by atoms with E-state index in [1.54, 1.807) is 20.2 Å². The van der Waals surface area contributed by atoms with Gasteiger partial charge in [0, 0.05) is 7.11 Å². The van der Waals surface area contributed by atoms with Crippen molar-refractivity contribution in [2.24, 2.45) is 5.41 Å². The van der Waals surface area contributed by atoms with Gasteiger partial charge in [-0.25, -0.2) is 8.78 Å². The molecule has 1 aromatic rings. The van der Waals surface area contributed by atoms with Gasteiger partial charge in [-0.05, 0) is 30.2 Å². The second-order valence-electron chi connectivity index (χ2n) is 5.46. The van der Waals surface area contributed by atoms with Crippen LogP contribution in [0.4, 0.5) is 8.78 Å². The van der Waals surface area contributed by atoms with Crippen LogP contribution >= 0.6 is 0 Å². The van der Waals surface area contributed by atoms with Crippen LogP contribution in [0.5, 0.6) is 0 Å². The normalized spacial score (nSPS) is 15.5. The standard InChI is InChI=1S/C14H21F2NO/c1-14(2,3)13(18-5)12(17-4)9-6-7-10(15)11(16)8-9/h6-8,12-13,17H,1-5H3. The van der Waals surface area contributed by atoms with Crippen LogP contribution in [-0.2, 0) is 4.74 Å². The molecule has 0 aromatic heterocycles. The predicted octanol–water partition coefficient (Wildman–Crippen LogP) is 3.29. The maximum Gasteiger partial charge on any atom is 0.159 e. The van der Waals surface area contributed by atoms with Crippen molar-refractivity contribution in [1.82, 2.24) is 5.32 Å². The van der Waals surface area contributed by atoms with Gasteiger partial charge in [-0.15, -0.1) is 0 Å². The second-order valence-corrected chi connectivity index (χ2v) is 5.46. The highest BCUT2D eigenvalue weighted by Gasteiger charge is 2.32.